The Balaban J connectivity index is 2.36. The van der Waals surface area contributed by atoms with Gasteiger partial charge < -0.3 is 4.40 Å². The third-order valence-electron chi connectivity index (χ3n) is 5.55. The van der Waals surface area contributed by atoms with E-state index in [-0.39, 0.29) is 16.4 Å². The first-order chi connectivity index (χ1) is 11.2. The third kappa shape index (κ3) is 1.95. The second-order valence-corrected chi connectivity index (χ2v) is 8.31. The minimum atomic E-state index is -0.159. The Hall–Kier alpha value is -2.23. The normalized spacial score (nSPS) is 18.7. The number of pyridine rings is 2. The minimum Gasteiger partial charge on any atom is -0.304 e. The SMILES string of the molecule is Cc1cn2c3c(c4ncccc4c2nc1=O)C(C)(C)CCC3(C)C. The van der Waals surface area contributed by atoms with Crippen molar-refractivity contribution in [2.75, 3.05) is 0 Å². The van der Waals surface area contributed by atoms with Crippen molar-refractivity contribution in [3.63, 3.8) is 0 Å². The average Bonchev–Trinajstić information content (AvgIpc) is 2.52. The summed E-state index contributed by atoms with van der Waals surface area (Å²) in [7, 11) is 0. The number of hydrogen-bond acceptors (Lipinski definition) is 3. The fourth-order valence-corrected chi connectivity index (χ4v) is 4.10. The van der Waals surface area contributed by atoms with Gasteiger partial charge in [0.05, 0.1) is 5.52 Å². The van der Waals surface area contributed by atoms with Crippen LogP contribution in [0.5, 0.6) is 0 Å². The van der Waals surface area contributed by atoms with Gasteiger partial charge in [0.25, 0.3) is 5.56 Å². The summed E-state index contributed by atoms with van der Waals surface area (Å²) in [6.07, 6.45) is 6.02. The van der Waals surface area contributed by atoms with Crippen molar-refractivity contribution in [3.05, 3.63) is 51.7 Å². The van der Waals surface area contributed by atoms with Crippen molar-refractivity contribution in [1.29, 1.82) is 0 Å². The molecule has 0 fully saturated rings. The fourth-order valence-electron chi connectivity index (χ4n) is 4.10. The molecule has 0 bridgehead atoms. The van der Waals surface area contributed by atoms with Crippen molar-refractivity contribution in [1.82, 2.24) is 14.4 Å². The van der Waals surface area contributed by atoms with E-state index in [0.717, 1.165) is 29.4 Å². The predicted octanol–water partition coefficient (Wildman–Crippen LogP) is 3.90. The van der Waals surface area contributed by atoms with Gasteiger partial charge in [-0.1, -0.05) is 27.7 Å². The lowest BCUT2D eigenvalue weighted by Crippen LogP contribution is -2.37. The van der Waals surface area contributed by atoms with Gasteiger partial charge in [-0.25, -0.2) is 0 Å². The van der Waals surface area contributed by atoms with Crippen molar-refractivity contribution in [2.45, 2.75) is 58.3 Å². The van der Waals surface area contributed by atoms with Gasteiger partial charge in [-0.05, 0) is 37.3 Å². The largest absolute Gasteiger partial charge is 0.304 e. The molecule has 124 valence electrons. The molecule has 0 atom stereocenters. The zero-order valence-corrected chi connectivity index (χ0v) is 15.0. The van der Waals surface area contributed by atoms with Crippen LogP contribution >= 0.6 is 0 Å². The molecule has 0 radical (unpaired) electrons. The van der Waals surface area contributed by atoms with E-state index in [4.69, 9.17) is 4.98 Å². The lowest BCUT2D eigenvalue weighted by molar-refractivity contribution is 0.322. The van der Waals surface area contributed by atoms with E-state index < -0.39 is 0 Å². The molecule has 4 rings (SSSR count). The topological polar surface area (TPSA) is 47.3 Å². The molecule has 0 unspecified atom stereocenters. The molecule has 3 heterocycles. The number of nitrogens with zero attached hydrogens (tertiary/aromatic N) is 3. The van der Waals surface area contributed by atoms with E-state index in [2.05, 4.69) is 37.1 Å². The highest BCUT2D eigenvalue weighted by Gasteiger charge is 2.41. The summed E-state index contributed by atoms with van der Waals surface area (Å²) in [5.41, 5.74) is 4.83. The molecule has 0 saturated carbocycles. The van der Waals surface area contributed by atoms with Gasteiger partial charge in [0, 0.05) is 40.0 Å². The number of fused-ring (bicyclic) bond motifs is 6. The molecule has 0 aliphatic heterocycles. The first kappa shape index (κ1) is 15.3. The summed E-state index contributed by atoms with van der Waals surface area (Å²) in [6.45, 7) is 11.0. The molecule has 0 amide bonds. The molecular weight excluding hydrogens is 298 g/mol. The molecule has 0 saturated heterocycles. The highest BCUT2D eigenvalue weighted by Crippen LogP contribution is 2.48. The van der Waals surface area contributed by atoms with Gasteiger partial charge in [-0.3, -0.25) is 9.78 Å². The van der Waals surface area contributed by atoms with E-state index in [9.17, 15) is 4.79 Å². The maximum Gasteiger partial charge on any atom is 0.276 e. The summed E-state index contributed by atoms with van der Waals surface area (Å²) in [6, 6.07) is 3.94. The first-order valence-electron chi connectivity index (χ1n) is 8.54. The summed E-state index contributed by atoms with van der Waals surface area (Å²) in [5, 5.41) is 0.958. The number of rotatable bonds is 0. The summed E-state index contributed by atoms with van der Waals surface area (Å²) in [5.74, 6) is 0. The Labute approximate surface area is 141 Å². The van der Waals surface area contributed by atoms with E-state index >= 15 is 0 Å². The first-order valence-corrected chi connectivity index (χ1v) is 8.54. The van der Waals surface area contributed by atoms with Crippen molar-refractivity contribution < 1.29 is 0 Å². The molecule has 3 aromatic heterocycles. The molecule has 0 N–H and O–H groups in total. The second kappa shape index (κ2) is 4.65. The van der Waals surface area contributed by atoms with E-state index in [1.54, 1.807) is 0 Å². The molecule has 1 aliphatic rings. The maximum absolute atomic E-state index is 12.2. The average molecular weight is 321 g/mol. The third-order valence-corrected chi connectivity index (χ3v) is 5.55. The summed E-state index contributed by atoms with van der Waals surface area (Å²) >= 11 is 0. The van der Waals surface area contributed by atoms with Crippen LogP contribution < -0.4 is 5.56 Å². The van der Waals surface area contributed by atoms with Crippen LogP contribution in [-0.2, 0) is 10.8 Å². The number of hydrogen-bond donors (Lipinski definition) is 0. The fraction of sp³-hybridized carbons (Fsp3) is 0.450. The lowest BCUT2D eigenvalue weighted by atomic mass is 9.64. The van der Waals surface area contributed by atoms with Crippen LogP contribution in [0.25, 0.3) is 16.6 Å². The van der Waals surface area contributed by atoms with Crippen LogP contribution in [0.2, 0.25) is 0 Å². The molecule has 4 nitrogen and oxygen atoms in total. The van der Waals surface area contributed by atoms with Crippen LogP contribution in [0.3, 0.4) is 0 Å². The van der Waals surface area contributed by atoms with Crippen molar-refractivity contribution in [3.8, 4) is 0 Å². The minimum absolute atomic E-state index is 0.0119. The summed E-state index contributed by atoms with van der Waals surface area (Å²) in [4.78, 5) is 21.3. The van der Waals surface area contributed by atoms with Crippen LogP contribution in [0.15, 0.2) is 29.3 Å². The number of aromatic nitrogens is 3. The van der Waals surface area contributed by atoms with Crippen molar-refractivity contribution in [2.24, 2.45) is 0 Å². The zero-order valence-electron chi connectivity index (χ0n) is 15.0. The van der Waals surface area contributed by atoms with Crippen LogP contribution in [0, 0.1) is 6.92 Å². The van der Waals surface area contributed by atoms with Gasteiger partial charge in [0.2, 0.25) is 0 Å². The maximum atomic E-state index is 12.2. The highest BCUT2D eigenvalue weighted by atomic mass is 16.1. The van der Waals surface area contributed by atoms with Crippen LogP contribution in [0.1, 0.15) is 57.4 Å². The Morgan fingerprint density at radius 1 is 1.12 bits per heavy atom. The zero-order chi connectivity index (χ0) is 17.3. The van der Waals surface area contributed by atoms with Gasteiger partial charge >= 0.3 is 0 Å². The van der Waals surface area contributed by atoms with E-state index in [1.807, 2.05) is 31.5 Å². The van der Waals surface area contributed by atoms with Crippen LogP contribution in [-0.4, -0.2) is 14.4 Å². The molecule has 0 spiro atoms. The highest BCUT2D eigenvalue weighted by molar-refractivity contribution is 5.95. The summed E-state index contributed by atoms with van der Waals surface area (Å²) < 4.78 is 2.15. The van der Waals surface area contributed by atoms with Crippen molar-refractivity contribution >= 4 is 16.6 Å². The van der Waals surface area contributed by atoms with E-state index in [0.29, 0.717) is 5.56 Å². The Morgan fingerprint density at radius 2 is 1.83 bits per heavy atom. The van der Waals surface area contributed by atoms with Gasteiger partial charge in [0.1, 0.15) is 0 Å². The van der Waals surface area contributed by atoms with Gasteiger partial charge in [-0.15, -0.1) is 0 Å². The molecule has 24 heavy (non-hydrogen) atoms. The number of aryl methyl sites for hydroxylation is 1. The Bertz CT molecular complexity index is 1040. The van der Waals surface area contributed by atoms with Gasteiger partial charge in [-0.2, -0.15) is 4.98 Å². The molecular formula is C20H23N3O. The standard InChI is InChI=1S/C20H23N3O/c1-12-11-23-16-14(19(2,3)8-9-20(16,4)5)15-13(7-6-10-21-15)17(23)22-18(12)24/h6-7,10-11H,8-9H2,1-5H3. The molecule has 0 aromatic carbocycles. The van der Waals surface area contributed by atoms with Gasteiger partial charge in [0.15, 0.2) is 5.65 Å². The Morgan fingerprint density at radius 3 is 2.58 bits per heavy atom. The molecule has 4 heteroatoms. The quantitative estimate of drug-likeness (QED) is 0.590. The monoisotopic (exact) mass is 321 g/mol. The molecule has 1 aliphatic carbocycles. The van der Waals surface area contributed by atoms with Crippen LogP contribution in [0.4, 0.5) is 0 Å². The molecule has 3 aromatic rings. The second-order valence-electron chi connectivity index (χ2n) is 8.31. The Kier molecular flexibility index (Phi) is 2.97. The van der Waals surface area contributed by atoms with E-state index in [1.165, 1.54) is 11.3 Å². The lowest BCUT2D eigenvalue weighted by Gasteiger charge is -2.42. The smallest absolute Gasteiger partial charge is 0.276 e. The predicted molar refractivity (Wildman–Crippen MR) is 96.8 cm³/mol.